The Hall–Kier alpha value is -1.40. The molecule has 1 unspecified atom stereocenters. The Morgan fingerprint density at radius 3 is 3.00 bits per heavy atom. The molecule has 2 rings (SSSR count). The van der Waals surface area contributed by atoms with E-state index in [2.05, 4.69) is 26.6 Å². The number of nitrogens with two attached hydrogens (primary N) is 1. The number of carbonyl (C=O) groups excluding carboxylic acids is 2. The summed E-state index contributed by atoms with van der Waals surface area (Å²) in [5.74, 6) is -0.493. The van der Waals surface area contributed by atoms with Gasteiger partial charge in [0.25, 0.3) is 0 Å². The predicted molar refractivity (Wildman–Crippen MR) is 67.3 cm³/mol. The molecule has 0 saturated carbocycles. The lowest BCUT2D eigenvalue weighted by molar-refractivity contribution is -0.119. The molecule has 1 heterocycles. The minimum atomic E-state index is -0.415. The van der Waals surface area contributed by atoms with Crippen molar-refractivity contribution in [3.63, 3.8) is 0 Å². The molecule has 1 atom stereocenters. The summed E-state index contributed by atoms with van der Waals surface area (Å²) >= 11 is 3.36. The van der Waals surface area contributed by atoms with E-state index in [-0.39, 0.29) is 18.2 Å². The average Bonchev–Trinajstić information content (AvgIpc) is 2.55. The molecule has 17 heavy (non-hydrogen) atoms. The molecular formula is C11H12BrN3O2. The van der Waals surface area contributed by atoms with Crippen molar-refractivity contribution in [1.82, 2.24) is 5.32 Å². The Bertz CT molecular complexity index is 476. The van der Waals surface area contributed by atoms with Crippen molar-refractivity contribution in [3.8, 4) is 0 Å². The van der Waals surface area contributed by atoms with Crippen molar-refractivity contribution in [2.24, 2.45) is 5.73 Å². The van der Waals surface area contributed by atoms with E-state index >= 15 is 0 Å². The lowest BCUT2D eigenvalue weighted by Crippen LogP contribution is -2.30. The van der Waals surface area contributed by atoms with Crippen molar-refractivity contribution >= 4 is 33.4 Å². The van der Waals surface area contributed by atoms with E-state index < -0.39 is 6.04 Å². The molecule has 1 aromatic rings. The molecule has 4 N–H and O–H groups in total. The molecule has 5 nitrogen and oxygen atoms in total. The Kier molecular flexibility index (Phi) is 3.44. The summed E-state index contributed by atoms with van der Waals surface area (Å²) in [6.45, 7) is 0.388. The van der Waals surface area contributed by atoms with Crippen LogP contribution in [0.3, 0.4) is 0 Å². The molecular weight excluding hydrogens is 286 g/mol. The number of nitrogens with one attached hydrogen (secondary N) is 2. The first kappa shape index (κ1) is 12.1. The third-order valence-corrected chi connectivity index (χ3v) is 3.06. The zero-order valence-electron chi connectivity index (χ0n) is 9.00. The van der Waals surface area contributed by atoms with Gasteiger partial charge in [0.1, 0.15) is 6.04 Å². The van der Waals surface area contributed by atoms with Crippen LogP contribution < -0.4 is 16.4 Å². The molecule has 0 aliphatic carbocycles. The van der Waals surface area contributed by atoms with Crippen LogP contribution in [-0.4, -0.2) is 18.4 Å². The van der Waals surface area contributed by atoms with Crippen molar-refractivity contribution in [1.29, 1.82) is 0 Å². The lowest BCUT2D eigenvalue weighted by Gasteiger charge is -2.10. The van der Waals surface area contributed by atoms with E-state index in [1.807, 2.05) is 18.2 Å². The molecule has 90 valence electrons. The van der Waals surface area contributed by atoms with Crippen LogP contribution in [-0.2, 0) is 9.59 Å². The predicted octanol–water partition coefficient (Wildman–Crippen LogP) is 0.907. The van der Waals surface area contributed by atoms with Gasteiger partial charge in [0.15, 0.2) is 0 Å². The van der Waals surface area contributed by atoms with Crippen LogP contribution in [0.25, 0.3) is 0 Å². The quantitative estimate of drug-likeness (QED) is 0.772. The highest BCUT2D eigenvalue weighted by Gasteiger charge is 2.29. The number of halogens is 1. The molecule has 0 fully saturated rings. The Morgan fingerprint density at radius 2 is 2.29 bits per heavy atom. The third kappa shape index (κ3) is 2.65. The first-order valence-electron chi connectivity index (χ1n) is 5.20. The molecule has 0 bridgehead atoms. The highest BCUT2D eigenvalue weighted by Crippen LogP contribution is 2.32. The van der Waals surface area contributed by atoms with Crippen molar-refractivity contribution in [3.05, 3.63) is 28.2 Å². The van der Waals surface area contributed by atoms with E-state index in [0.717, 1.165) is 15.7 Å². The molecule has 0 aromatic heterocycles. The minimum Gasteiger partial charge on any atom is -0.370 e. The summed E-state index contributed by atoms with van der Waals surface area (Å²) < 4.78 is 0.912. The highest BCUT2D eigenvalue weighted by molar-refractivity contribution is 9.10. The maximum absolute atomic E-state index is 11.7. The van der Waals surface area contributed by atoms with Crippen LogP contribution in [0, 0.1) is 0 Å². The highest BCUT2D eigenvalue weighted by atomic mass is 79.9. The molecule has 0 radical (unpaired) electrons. The van der Waals surface area contributed by atoms with E-state index in [9.17, 15) is 9.59 Å². The summed E-state index contributed by atoms with van der Waals surface area (Å²) in [5, 5.41) is 5.79. The molecule has 1 aromatic carbocycles. The summed E-state index contributed by atoms with van der Waals surface area (Å²) in [5.41, 5.74) is 6.73. The van der Waals surface area contributed by atoms with Crippen molar-refractivity contribution in [2.75, 3.05) is 11.9 Å². The van der Waals surface area contributed by atoms with Gasteiger partial charge in [-0.25, -0.2) is 0 Å². The van der Waals surface area contributed by atoms with Gasteiger partial charge in [-0.3, -0.25) is 9.59 Å². The number of hydrogen-bond donors (Lipinski definition) is 3. The Balaban J connectivity index is 2.11. The standard InChI is InChI=1S/C11H12BrN3O2/c12-6-1-2-8-7(5-6)10(11(17)15-8)14-4-3-9(13)16/h1-2,5,10,14H,3-4H2,(H2,13,16)(H,15,17). The maximum atomic E-state index is 11.7. The number of primary amides is 1. The molecule has 1 aliphatic heterocycles. The van der Waals surface area contributed by atoms with Gasteiger partial charge in [-0.15, -0.1) is 0 Å². The van der Waals surface area contributed by atoms with E-state index in [4.69, 9.17) is 5.73 Å². The number of fused-ring (bicyclic) bond motifs is 1. The lowest BCUT2D eigenvalue weighted by atomic mass is 10.1. The van der Waals surface area contributed by atoms with Gasteiger partial charge >= 0.3 is 0 Å². The van der Waals surface area contributed by atoms with Gasteiger partial charge in [-0.2, -0.15) is 0 Å². The van der Waals surface area contributed by atoms with Crippen LogP contribution >= 0.6 is 15.9 Å². The fraction of sp³-hybridized carbons (Fsp3) is 0.273. The summed E-state index contributed by atoms with van der Waals surface area (Å²) in [6, 6.07) is 5.18. The van der Waals surface area contributed by atoms with Crippen molar-refractivity contribution < 1.29 is 9.59 Å². The average molecular weight is 298 g/mol. The van der Waals surface area contributed by atoms with Crippen LogP contribution in [0.5, 0.6) is 0 Å². The normalized spacial score (nSPS) is 17.7. The summed E-state index contributed by atoms with van der Waals surface area (Å²) in [6.07, 6.45) is 0.215. The van der Waals surface area contributed by atoms with Gasteiger partial charge in [0.2, 0.25) is 11.8 Å². The van der Waals surface area contributed by atoms with Gasteiger partial charge in [0.05, 0.1) is 0 Å². The number of amides is 2. The first-order valence-corrected chi connectivity index (χ1v) is 5.99. The van der Waals surface area contributed by atoms with Crippen molar-refractivity contribution in [2.45, 2.75) is 12.5 Å². The Labute approximate surface area is 107 Å². The topological polar surface area (TPSA) is 84.2 Å². The molecule has 2 amide bonds. The number of carbonyl (C=O) groups is 2. The van der Waals surface area contributed by atoms with Crippen LogP contribution in [0.2, 0.25) is 0 Å². The molecule has 6 heteroatoms. The molecule has 0 saturated heterocycles. The molecule has 0 spiro atoms. The van der Waals surface area contributed by atoms with Gasteiger partial charge in [-0.1, -0.05) is 15.9 Å². The zero-order chi connectivity index (χ0) is 12.4. The number of hydrogen-bond acceptors (Lipinski definition) is 3. The second-order valence-corrected chi connectivity index (χ2v) is 4.74. The van der Waals surface area contributed by atoms with Crippen LogP contribution in [0.15, 0.2) is 22.7 Å². The fourth-order valence-electron chi connectivity index (χ4n) is 1.77. The monoisotopic (exact) mass is 297 g/mol. The van der Waals surface area contributed by atoms with Crippen LogP contribution in [0.4, 0.5) is 5.69 Å². The van der Waals surface area contributed by atoms with Gasteiger partial charge < -0.3 is 16.4 Å². The fourth-order valence-corrected chi connectivity index (χ4v) is 2.15. The molecule has 1 aliphatic rings. The summed E-state index contributed by atoms with van der Waals surface area (Å²) in [7, 11) is 0. The number of rotatable bonds is 4. The van der Waals surface area contributed by atoms with Gasteiger partial charge in [0, 0.05) is 28.7 Å². The second-order valence-electron chi connectivity index (χ2n) is 3.82. The SMILES string of the molecule is NC(=O)CCNC1C(=O)Nc2ccc(Br)cc21. The van der Waals surface area contributed by atoms with E-state index in [0.29, 0.717) is 6.54 Å². The third-order valence-electron chi connectivity index (χ3n) is 2.56. The minimum absolute atomic E-state index is 0.109. The van der Waals surface area contributed by atoms with E-state index in [1.165, 1.54) is 0 Å². The zero-order valence-corrected chi connectivity index (χ0v) is 10.6. The number of anilines is 1. The summed E-state index contributed by atoms with van der Waals surface area (Å²) in [4.78, 5) is 22.3. The van der Waals surface area contributed by atoms with E-state index in [1.54, 1.807) is 0 Å². The van der Waals surface area contributed by atoms with Crippen LogP contribution in [0.1, 0.15) is 18.0 Å². The second kappa shape index (κ2) is 4.85. The smallest absolute Gasteiger partial charge is 0.246 e. The Morgan fingerprint density at radius 1 is 1.53 bits per heavy atom. The maximum Gasteiger partial charge on any atom is 0.246 e. The first-order chi connectivity index (χ1) is 8.08. The number of benzene rings is 1. The largest absolute Gasteiger partial charge is 0.370 e. The van der Waals surface area contributed by atoms with Gasteiger partial charge in [-0.05, 0) is 18.2 Å².